The molecule has 0 radical (unpaired) electrons. The van der Waals surface area contributed by atoms with Crippen LogP contribution in [-0.2, 0) is 0 Å². The molecule has 76 valence electrons. The Morgan fingerprint density at radius 2 is 2.36 bits per heavy atom. The zero-order chi connectivity index (χ0) is 10.1. The average Bonchev–Trinajstić information content (AvgIpc) is 2.49. The van der Waals surface area contributed by atoms with Gasteiger partial charge >= 0.3 is 0 Å². The molecule has 1 N–H and O–H groups in total. The third-order valence-corrected chi connectivity index (χ3v) is 4.61. The number of hydrogen-bond donors (Lipinski definition) is 1. The van der Waals surface area contributed by atoms with Gasteiger partial charge in [-0.3, -0.25) is 4.79 Å². The summed E-state index contributed by atoms with van der Waals surface area (Å²) >= 11 is 4.92. The highest BCUT2D eigenvalue weighted by Gasteiger charge is 2.34. The zero-order valence-electron chi connectivity index (χ0n) is 7.92. The molecule has 0 bridgehead atoms. The summed E-state index contributed by atoms with van der Waals surface area (Å²) in [6.07, 6.45) is 1.97. The molecule has 0 unspecified atom stereocenters. The van der Waals surface area contributed by atoms with Gasteiger partial charge in [0.05, 0.1) is 4.88 Å². The summed E-state index contributed by atoms with van der Waals surface area (Å²) in [4.78, 5) is 12.8. The fraction of sp³-hybridized carbons (Fsp3) is 0.500. The normalized spacial score (nSPS) is 25.9. The minimum Gasteiger partial charge on any atom is -0.317 e. The van der Waals surface area contributed by atoms with Crippen LogP contribution in [0.25, 0.3) is 0 Å². The molecule has 0 aromatic carbocycles. The summed E-state index contributed by atoms with van der Waals surface area (Å²) in [5.41, 5.74) is 0. The van der Waals surface area contributed by atoms with E-state index in [9.17, 15) is 4.79 Å². The summed E-state index contributed by atoms with van der Waals surface area (Å²) in [7, 11) is 1.95. The molecule has 2 rings (SSSR count). The van der Waals surface area contributed by atoms with Crippen molar-refractivity contribution in [3.63, 3.8) is 0 Å². The second-order valence-electron chi connectivity index (χ2n) is 3.62. The van der Waals surface area contributed by atoms with Crippen LogP contribution in [0.15, 0.2) is 15.9 Å². The second-order valence-corrected chi connectivity index (χ2v) is 5.39. The van der Waals surface area contributed by atoms with Crippen LogP contribution in [0.2, 0.25) is 0 Å². The second kappa shape index (κ2) is 4.13. The van der Waals surface area contributed by atoms with E-state index >= 15 is 0 Å². The predicted molar refractivity (Wildman–Crippen MR) is 61.9 cm³/mol. The molecule has 1 heterocycles. The molecule has 1 fully saturated rings. The van der Waals surface area contributed by atoms with Crippen molar-refractivity contribution in [3.8, 4) is 0 Å². The van der Waals surface area contributed by atoms with E-state index in [-0.39, 0.29) is 5.92 Å². The van der Waals surface area contributed by atoms with Gasteiger partial charge in [0.15, 0.2) is 5.78 Å². The Hall–Kier alpha value is -0.190. The molecule has 0 atom stereocenters. The van der Waals surface area contributed by atoms with Crippen molar-refractivity contribution in [1.29, 1.82) is 0 Å². The number of ketones is 1. The number of Topliss-reactive ketones (excluding diaryl/α,β-unsaturated/α-hetero) is 1. The van der Waals surface area contributed by atoms with Crippen LogP contribution in [-0.4, -0.2) is 18.9 Å². The maximum absolute atomic E-state index is 11.9. The predicted octanol–water partition coefficient (Wildman–Crippen LogP) is 2.69. The summed E-state index contributed by atoms with van der Waals surface area (Å²) in [6, 6.07) is 2.48. The maximum Gasteiger partial charge on any atom is 0.177 e. The molecule has 0 amide bonds. The average molecular weight is 274 g/mol. The van der Waals surface area contributed by atoms with Gasteiger partial charge in [0.1, 0.15) is 0 Å². The van der Waals surface area contributed by atoms with Crippen molar-refractivity contribution in [2.75, 3.05) is 7.05 Å². The van der Waals surface area contributed by atoms with Crippen molar-refractivity contribution in [2.45, 2.75) is 18.9 Å². The molecule has 1 aromatic heterocycles. The summed E-state index contributed by atoms with van der Waals surface area (Å²) in [5.74, 6) is 0.542. The van der Waals surface area contributed by atoms with Gasteiger partial charge in [0.25, 0.3) is 0 Å². The number of thiophene rings is 1. The molecule has 1 aromatic rings. The Labute approximate surface area is 95.8 Å². The van der Waals surface area contributed by atoms with E-state index in [1.54, 1.807) is 0 Å². The van der Waals surface area contributed by atoms with Crippen molar-refractivity contribution in [2.24, 2.45) is 5.92 Å². The van der Waals surface area contributed by atoms with Gasteiger partial charge in [-0.15, -0.1) is 11.3 Å². The van der Waals surface area contributed by atoms with Crippen LogP contribution in [0.5, 0.6) is 0 Å². The highest BCUT2D eigenvalue weighted by molar-refractivity contribution is 9.10. The van der Waals surface area contributed by atoms with Crippen molar-refractivity contribution < 1.29 is 4.79 Å². The first-order valence-corrected chi connectivity index (χ1v) is 6.34. The molecule has 0 aliphatic heterocycles. The molecule has 1 aliphatic rings. The maximum atomic E-state index is 11.9. The van der Waals surface area contributed by atoms with Gasteiger partial charge in [-0.05, 0) is 47.3 Å². The highest BCUT2D eigenvalue weighted by Crippen LogP contribution is 2.34. The molecule has 0 spiro atoms. The van der Waals surface area contributed by atoms with Crippen LogP contribution >= 0.6 is 27.3 Å². The van der Waals surface area contributed by atoms with Gasteiger partial charge in [-0.25, -0.2) is 0 Å². The van der Waals surface area contributed by atoms with Gasteiger partial charge in [-0.1, -0.05) is 0 Å². The zero-order valence-corrected chi connectivity index (χ0v) is 10.3. The topological polar surface area (TPSA) is 29.1 Å². The molecule has 0 saturated heterocycles. The van der Waals surface area contributed by atoms with E-state index in [2.05, 4.69) is 21.2 Å². The highest BCUT2D eigenvalue weighted by atomic mass is 79.9. The number of carbonyl (C=O) groups excluding carboxylic acids is 1. The minimum absolute atomic E-state index is 0.238. The molecule has 14 heavy (non-hydrogen) atoms. The molecular weight excluding hydrogens is 262 g/mol. The summed E-state index contributed by atoms with van der Waals surface area (Å²) < 4.78 is 0.945. The SMILES string of the molecule is CNC1CC(C(=O)c2sccc2Br)C1. The summed E-state index contributed by atoms with van der Waals surface area (Å²) in [6.45, 7) is 0. The smallest absolute Gasteiger partial charge is 0.177 e. The third kappa shape index (κ3) is 1.78. The first-order valence-electron chi connectivity index (χ1n) is 4.67. The Morgan fingerprint density at radius 1 is 1.64 bits per heavy atom. The van der Waals surface area contributed by atoms with Crippen molar-refractivity contribution >= 4 is 33.0 Å². The first-order chi connectivity index (χ1) is 6.72. The van der Waals surface area contributed by atoms with Crippen LogP contribution in [0.1, 0.15) is 22.5 Å². The number of nitrogens with one attached hydrogen (secondary N) is 1. The monoisotopic (exact) mass is 273 g/mol. The number of carbonyl (C=O) groups is 1. The molecule has 2 nitrogen and oxygen atoms in total. The van der Waals surface area contributed by atoms with E-state index in [0.29, 0.717) is 11.8 Å². The van der Waals surface area contributed by atoms with Gasteiger partial charge in [0, 0.05) is 16.4 Å². The minimum atomic E-state index is 0.238. The van der Waals surface area contributed by atoms with Crippen molar-refractivity contribution in [3.05, 3.63) is 20.8 Å². The van der Waals surface area contributed by atoms with E-state index in [0.717, 1.165) is 22.2 Å². The van der Waals surface area contributed by atoms with Crippen molar-refractivity contribution in [1.82, 2.24) is 5.32 Å². The quantitative estimate of drug-likeness (QED) is 0.859. The lowest BCUT2D eigenvalue weighted by Gasteiger charge is -2.33. The van der Waals surface area contributed by atoms with Crippen LogP contribution in [0.3, 0.4) is 0 Å². The molecular formula is C10H12BrNOS. The molecule has 4 heteroatoms. The van der Waals surface area contributed by atoms with E-state index in [1.165, 1.54) is 11.3 Å². The largest absolute Gasteiger partial charge is 0.317 e. The van der Waals surface area contributed by atoms with Crippen LogP contribution in [0, 0.1) is 5.92 Å². The number of halogens is 1. The lowest BCUT2D eigenvalue weighted by Crippen LogP contribution is -2.42. The lowest BCUT2D eigenvalue weighted by atomic mass is 9.77. The van der Waals surface area contributed by atoms with Gasteiger partial charge < -0.3 is 5.32 Å². The Bertz CT molecular complexity index is 344. The Morgan fingerprint density at radius 3 is 2.86 bits per heavy atom. The number of hydrogen-bond acceptors (Lipinski definition) is 3. The molecule has 1 saturated carbocycles. The van der Waals surface area contributed by atoms with E-state index < -0.39 is 0 Å². The van der Waals surface area contributed by atoms with Gasteiger partial charge in [-0.2, -0.15) is 0 Å². The standard InChI is InChI=1S/C10H12BrNOS/c1-12-7-4-6(5-7)9(13)10-8(11)2-3-14-10/h2-3,6-7,12H,4-5H2,1H3. The van der Waals surface area contributed by atoms with Crippen LogP contribution in [0.4, 0.5) is 0 Å². The fourth-order valence-electron chi connectivity index (χ4n) is 1.72. The van der Waals surface area contributed by atoms with Crippen LogP contribution < -0.4 is 5.32 Å². The Kier molecular flexibility index (Phi) is 3.04. The lowest BCUT2D eigenvalue weighted by molar-refractivity contribution is 0.0819. The Balaban J connectivity index is 2.01. The van der Waals surface area contributed by atoms with E-state index in [4.69, 9.17) is 0 Å². The number of rotatable bonds is 3. The third-order valence-electron chi connectivity index (χ3n) is 2.76. The molecule has 1 aliphatic carbocycles. The summed E-state index contributed by atoms with van der Waals surface area (Å²) in [5, 5.41) is 5.14. The van der Waals surface area contributed by atoms with E-state index in [1.807, 2.05) is 18.5 Å². The fourth-order valence-corrected chi connectivity index (χ4v) is 3.31. The van der Waals surface area contributed by atoms with Gasteiger partial charge in [0.2, 0.25) is 0 Å². The first kappa shape index (κ1) is 10.3.